The van der Waals surface area contributed by atoms with Crippen LogP contribution in [0, 0.1) is 6.92 Å². The first-order chi connectivity index (χ1) is 13.5. The number of carbonyl (C=O) groups excluding carboxylic acids is 1. The number of esters is 1. The maximum atomic E-state index is 12.5. The predicted molar refractivity (Wildman–Crippen MR) is 109 cm³/mol. The van der Waals surface area contributed by atoms with E-state index in [4.69, 9.17) is 14.2 Å². The lowest BCUT2D eigenvalue weighted by Crippen LogP contribution is -2.10. The summed E-state index contributed by atoms with van der Waals surface area (Å²) in [5, 5.41) is 0.407. The molecule has 0 fully saturated rings. The first-order valence-corrected chi connectivity index (χ1v) is 9.41. The zero-order chi connectivity index (χ0) is 20.3. The van der Waals surface area contributed by atoms with Crippen LogP contribution in [0.25, 0.3) is 22.4 Å². The molecule has 2 heterocycles. The van der Waals surface area contributed by atoms with Crippen LogP contribution in [0.1, 0.15) is 33.5 Å². The summed E-state index contributed by atoms with van der Waals surface area (Å²) in [5.41, 5.74) is 1.06. The minimum absolute atomic E-state index is 0.270. The summed E-state index contributed by atoms with van der Waals surface area (Å²) >= 11 is 1.15. The van der Waals surface area contributed by atoms with Gasteiger partial charge in [-0.3, -0.25) is 4.79 Å². The molecule has 8 heteroatoms. The topological polar surface area (TPSA) is 90.5 Å². The lowest BCUT2D eigenvalue weighted by Gasteiger charge is -2.09. The molecule has 0 saturated heterocycles. The molecule has 0 atom stereocenters. The Morgan fingerprint density at radius 2 is 2.04 bits per heavy atom. The summed E-state index contributed by atoms with van der Waals surface area (Å²) in [5.74, 6) is 1.12. The van der Waals surface area contributed by atoms with Gasteiger partial charge in [-0.25, -0.2) is 9.78 Å². The van der Waals surface area contributed by atoms with E-state index in [1.165, 1.54) is 0 Å². The van der Waals surface area contributed by atoms with E-state index in [-0.39, 0.29) is 12.2 Å². The third-order valence-corrected chi connectivity index (χ3v) is 5.30. The third kappa shape index (κ3) is 3.63. The lowest BCUT2D eigenvalue weighted by atomic mass is 10.1. The molecule has 28 heavy (non-hydrogen) atoms. The highest BCUT2D eigenvalue weighted by atomic mass is 32.1. The fourth-order valence-corrected chi connectivity index (χ4v) is 3.93. The first kappa shape index (κ1) is 19.6. The van der Waals surface area contributed by atoms with Gasteiger partial charge >= 0.3 is 5.97 Å². The van der Waals surface area contributed by atoms with E-state index in [9.17, 15) is 9.59 Å². The molecule has 0 aliphatic rings. The van der Waals surface area contributed by atoms with Crippen molar-refractivity contribution in [3.05, 3.63) is 50.4 Å². The summed E-state index contributed by atoms with van der Waals surface area (Å²) in [6.07, 6.45) is 3.45. The van der Waals surface area contributed by atoms with Gasteiger partial charge in [0.15, 0.2) is 11.5 Å². The van der Waals surface area contributed by atoms with Gasteiger partial charge in [0.2, 0.25) is 0 Å². The number of thiophene rings is 1. The summed E-state index contributed by atoms with van der Waals surface area (Å²) in [6, 6.07) is 5.50. The third-order valence-electron chi connectivity index (χ3n) is 4.13. The van der Waals surface area contributed by atoms with Crippen molar-refractivity contribution in [1.29, 1.82) is 0 Å². The number of nitrogens with one attached hydrogen (secondary N) is 1. The molecule has 0 radical (unpaired) electrons. The molecule has 3 rings (SSSR count). The molecule has 0 bridgehead atoms. The van der Waals surface area contributed by atoms with Gasteiger partial charge in [0.1, 0.15) is 15.5 Å². The number of carbonyl (C=O) groups is 1. The highest BCUT2D eigenvalue weighted by Crippen LogP contribution is 2.32. The molecular weight excluding hydrogens is 380 g/mol. The van der Waals surface area contributed by atoms with Crippen molar-refractivity contribution in [3.8, 4) is 11.5 Å². The fraction of sp³-hybridized carbons (Fsp3) is 0.250. The molecule has 1 N–H and O–H groups in total. The number of fused-ring (bicyclic) bond motifs is 1. The van der Waals surface area contributed by atoms with Gasteiger partial charge in [-0.15, -0.1) is 11.3 Å². The monoisotopic (exact) mass is 400 g/mol. The van der Waals surface area contributed by atoms with Crippen LogP contribution in [0.2, 0.25) is 0 Å². The zero-order valence-corrected chi connectivity index (χ0v) is 16.8. The van der Waals surface area contributed by atoms with Crippen LogP contribution in [0.5, 0.6) is 11.5 Å². The van der Waals surface area contributed by atoms with Gasteiger partial charge < -0.3 is 19.2 Å². The number of aromatic amines is 1. The predicted octanol–water partition coefficient (Wildman–Crippen LogP) is 3.66. The minimum atomic E-state index is -0.444. The molecule has 3 aromatic rings. The van der Waals surface area contributed by atoms with Gasteiger partial charge in [-0.1, -0.05) is 12.1 Å². The van der Waals surface area contributed by atoms with Crippen LogP contribution >= 0.6 is 11.3 Å². The van der Waals surface area contributed by atoms with Crippen molar-refractivity contribution < 1.29 is 19.0 Å². The molecule has 2 aromatic heterocycles. The van der Waals surface area contributed by atoms with Crippen LogP contribution in [0.3, 0.4) is 0 Å². The van der Waals surface area contributed by atoms with Crippen LogP contribution in [0.4, 0.5) is 0 Å². The summed E-state index contributed by atoms with van der Waals surface area (Å²) in [7, 11) is 3.13. The average Bonchev–Trinajstić information content (AvgIpc) is 3.03. The normalized spacial score (nSPS) is 11.1. The van der Waals surface area contributed by atoms with Gasteiger partial charge in [0, 0.05) is 5.56 Å². The number of hydrogen-bond acceptors (Lipinski definition) is 7. The largest absolute Gasteiger partial charge is 0.493 e. The SMILES string of the molecule is CCOC(=O)c1sc2nc(/C=C\c3cccc(OC)c3OC)[nH]c(=O)c2c1C. The van der Waals surface area contributed by atoms with E-state index in [0.717, 1.165) is 16.9 Å². The Labute approximate surface area is 165 Å². The molecule has 1 aromatic carbocycles. The molecule has 7 nitrogen and oxygen atoms in total. The van der Waals surface area contributed by atoms with Gasteiger partial charge in [0.05, 0.1) is 26.2 Å². The number of hydrogen-bond donors (Lipinski definition) is 1. The second-order valence-corrected chi connectivity index (χ2v) is 6.82. The van der Waals surface area contributed by atoms with Crippen LogP contribution in [0.15, 0.2) is 23.0 Å². The minimum Gasteiger partial charge on any atom is -0.493 e. The molecule has 0 unspecified atom stereocenters. The number of rotatable bonds is 6. The molecule has 0 aliphatic carbocycles. The number of para-hydroxylation sites is 1. The lowest BCUT2D eigenvalue weighted by molar-refractivity contribution is 0.0531. The second-order valence-electron chi connectivity index (χ2n) is 5.82. The van der Waals surface area contributed by atoms with Crippen molar-refractivity contribution in [2.45, 2.75) is 13.8 Å². The Bertz CT molecular complexity index is 1110. The number of aryl methyl sites for hydroxylation is 1. The van der Waals surface area contributed by atoms with Gasteiger partial charge in [-0.2, -0.15) is 0 Å². The molecule has 0 aliphatic heterocycles. The fourth-order valence-electron chi connectivity index (χ4n) is 2.84. The molecule has 0 spiro atoms. The number of benzene rings is 1. The number of methoxy groups -OCH3 is 2. The Balaban J connectivity index is 2.03. The van der Waals surface area contributed by atoms with E-state index in [2.05, 4.69) is 9.97 Å². The van der Waals surface area contributed by atoms with Crippen molar-refractivity contribution in [2.75, 3.05) is 20.8 Å². The van der Waals surface area contributed by atoms with E-state index < -0.39 is 5.97 Å². The zero-order valence-electron chi connectivity index (χ0n) is 16.0. The highest BCUT2D eigenvalue weighted by Gasteiger charge is 2.19. The van der Waals surface area contributed by atoms with Crippen LogP contribution in [-0.4, -0.2) is 36.8 Å². The highest BCUT2D eigenvalue weighted by molar-refractivity contribution is 7.20. The van der Waals surface area contributed by atoms with Crippen molar-refractivity contribution >= 4 is 39.7 Å². The number of aromatic nitrogens is 2. The maximum absolute atomic E-state index is 12.5. The summed E-state index contributed by atoms with van der Waals surface area (Å²) < 4.78 is 15.7. The van der Waals surface area contributed by atoms with E-state index in [0.29, 0.717) is 38.0 Å². The van der Waals surface area contributed by atoms with Gasteiger partial charge in [-0.05, 0) is 37.6 Å². The summed E-state index contributed by atoms with van der Waals surface area (Å²) in [6.45, 7) is 3.73. The standard InChI is InChI=1S/C20H20N2O5S/c1-5-27-20(24)17-11(2)15-18(23)21-14(22-19(15)28-17)10-9-12-7-6-8-13(25-3)16(12)26-4/h6-10H,5H2,1-4H3,(H,21,22,23)/b10-9-. The van der Waals surface area contributed by atoms with Crippen molar-refractivity contribution in [3.63, 3.8) is 0 Å². The molecule has 0 saturated carbocycles. The Morgan fingerprint density at radius 1 is 1.25 bits per heavy atom. The number of nitrogens with zero attached hydrogens (tertiary/aromatic N) is 1. The smallest absolute Gasteiger partial charge is 0.348 e. The van der Waals surface area contributed by atoms with Crippen LogP contribution < -0.4 is 15.0 Å². The second kappa shape index (κ2) is 8.26. The maximum Gasteiger partial charge on any atom is 0.348 e. The number of ether oxygens (including phenoxy) is 3. The van der Waals surface area contributed by atoms with E-state index in [1.807, 2.05) is 12.1 Å². The molecular formula is C20H20N2O5S. The Hall–Kier alpha value is -3.13. The van der Waals surface area contributed by atoms with E-state index >= 15 is 0 Å². The Morgan fingerprint density at radius 3 is 2.71 bits per heavy atom. The summed E-state index contributed by atoms with van der Waals surface area (Å²) in [4.78, 5) is 32.7. The van der Waals surface area contributed by atoms with E-state index in [1.54, 1.807) is 46.3 Å². The average molecular weight is 400 g/mol. The molecule has 146 valence electrons. The Kier molecular flexibility index (Phi) is 5.79. The van der Waals surface area contributed by atoms with Crippen molar-refractivity contribution in [2.24, 2.45) is 0 Å². The first-order valence-electron chi connectivity index (χ1n) is 8.59. The van der Waals surface area contributed by atoms with Crippen molar-refractivity contribution in [1.82, 2.24) is 9.97 Å². The number of H-pyrrole nitrogens is 1. The quantitative estimate of drug-likeness (QED) is 0.635. The molecule has 0 amide bonds. The van der Waals surface area contributed by atoms with Gasteiger partial charge in [0.25, 0.3) is 5.56 Å². The van der Waals surface area contributed by atoms with Crippen LogP contribution in [-0.2, 0) is 4.74 Å².